The van der Waals surface area contributed by atoms with Crippen LogP contribution in [0.25, 0.3) is 0 Å². The summed E-state index contributed by atoms with van der Waals surface area (Å²) in [6, 6.07) is 0. The summed E-state index contributed by atoms with van der Waals surface area (Å²) in [5, 5.41) is 7.00. The van der Waals surface area contributed by atoms with Crippen molar-refractivity contribution in [3.63, 3.8) is 0 Å². The zero-order valence-electron chi connectivity index (χ0n) is 9.64. The number of hydrogen-bond acceptors (Lipinski definition) is 7. The highest BCUT2D eigenvalue weighted by Gasteiger charge is 2.27. The largest absolute Gasteiger partial charge is 0.366 e. The minimum Gasteiger partial charge on any atom is -0.366 e. The maximum Gasteiger partial charge on any atom is 0.243 e. The Hall–Kier alpha value is -1.28. The van der Waals surface area contributed by atoms with Crippen molar-refractivity contribution in [2.24, 2.45) is 0 Å². The lowest BCUT2D eigenvalue weighted by Crippen LogP contribution is -2.29. The van der Waals surface area contributed by atoms with Gasteiger partial charge in [-0.15, -0.1) is 0 Å². The molecule has 0 spiro atoms. The molecule has 0 bridgehead atoms. The van der Waals surface area contributed by atoms with Gasteiger partial charge in [-0.25, -0.2) is 8.42 Å². The Balaban J connectivity index is 2.38. The SMILES string of the molecule is CS(=O)(=O)c1c(N2CCCNCC2)noc1N. The number of nitrogens with one attached hydrogen (secondary N) is 1. The van der Waals surface area contributed by atoms with E-state index >= 15 is 0 Å². The summed E-state index contributed by atoms with van der Waals surface area (Å²) in [7, 11) is -3.43. The average molecular weight is 260 g/mol. The minimum atomic E-state index is -3.43. The molecule has 0 unspecified atom stereocenters. The Morgan fingerprint density at radius 2 is 2.18 bits per heavy atom. The van der Waals surface area contributed by atoms with Crippen molar-refractivity contribution in [3.8, 4) is 0 Å². The van der Waals surface area contributed by atoms with Gasteiger partial charge in [-0.2, -0.15) is 0 Å². The van der Waals surface area contributed by atoms with Gasteiger partial charge in [-0.1, -0.05) is 5.16 Å². The van der Waals surface area contributed by atoms with Crippen LogP contribution in [0, 0.1) is 0 Å². The van der Waals surface area contributed by atoms with Crippen molar-refractivity contribution in [3.05, 3.63) is 0 Å². The molecule has 3 N–H and O–H groups in total. The van der Waals surface area contributed by atoms with E-state index in [1.807, 2.05) is 4.90 Å². The predicted molar refractivity (Wildman–Crippen MR) is 63.7 cm³/mol. The molecule has 1 saturated heterocycles. The number of nitrogens with two attached hydrogens (primary N) is 1. The van der Waals surface area contributed by atoms with Gasteiger partial charge in [0.25, 0.3) is 0 Å². The number of aromatic nitrogens is 1. The van der Waals surface area contributed by atoms with Gasteiger partial charge in [0.1, 0.15) is 0 Å². The first-order valence-corrected chi connectivity index (χ1v) is 7.30. The molecule has 0 atom stereocenters. The molecule has 17 heavy (non-hydrogen) atoms. The van der Waals surface area contributed by atoms with Crippen LogP contribution >= 0.6 is 0 Å². The van der Waals surface area contributed by atoms with Crippen LogP contribution < -0.4 is 16.0 Å². The first-order chi connectivity index (χ1) is 8.00. The molecule has 7 nitrogen and oxygen atoms in total. The predicted octanol–water partition coefficient (Wildman–Crippen LogP) is -0.540. The van der Waals surface area contributed by atoms with E-state index in [2.05, 4.69) is 10.5 Å². The Morgan fingerprint density at radius 3 is 2.88 bits per heavy atom. The molecule has 2 rings (SSSR count). The number of nitrogens with zero attached hydrogens (tertiary/aromatic N) is 2. The van der Waals surface area contributed by atoms with Crippen LogP contribution in [-0.2, 0) is 9.84 Å². The lowest BCUT2D eigenvalue weighted by atomic mass is 10.4. The summed E-state index contributed by atoms with van der Waals surface area (Å²) in [6.07, 6.45) is 2.03. The van der Waals surface area contributed by atoms with E-state index in [1.54, 1.807) is 0 Å². The molecular formula is C9H16N4O3S. The third kappa shape index (κ3) is 2.52. The van der Waals surface area contributed by atoms with Crippen molar-refractivity contribution in [1.82, 2.24) is 10.5 Å². The van der Waals surface area contributed by atoms with E-state index in [1.165, 1.54) is 0 Å². The second kappa shape index (κ2) is 4.53. The average Bonchev–Trinajstić information content (AvgIpc) is 2.50. The normalized spacial score (nSPS) is 18.1. The van der Waals surface area contributed by atoms with E-state index in [4.69, 9.17) is 10.3 Å². The van der Waals surface area contributed by atoms with E-state index in [0.29, 0.717) is 12.4 Å². The molecular weight excluding hydrogens is 244 g/mol. The molecule has 0 radical (unpaired) electrons. The number of anilines is 2. The van der Waals surface area contributed by atoms with Gasteiger partial charge >= 0.3 is 0 Å². The number of sulfone groups is 1. The molecule has 1 aromatic rings. The van der Waals surface area contributed by atoms with Crippen molar-refractivity contribution in [2.45, 2.75) is 11.3 Å². The summed E-state index contributed by atoms with van der Waals surface area (Å²) in [5.74, 6) is 0.188. The summed E-state index contributed by atoms with van der Waals surface area (Å²) < 4.78 is 28.1. The number of rotatable bonds is 2. The van der Waals surface area contributed by atoms with E-state index < -0.39 is 9.84 Å². The molecule has 1 aliphatic rings. The molecule has 96 valence electrons. The molecule has 0 amide bonds. The first kappa shape index (κ1) is 12.2. The number of nitrogen functional groups attached to an aromatic ring is 1. The van der Waals surface area contributed by atoms with Crippen LogP contribution in [0.5, 0.6) is 0 Å². The Morgan fingerprint density at radius 1 is 1.41 bits per heavy atom. The first-order valence-electron chi connectivity index (χ1n) is 5.41. The zero-order valence-corrected chi connectivity index (χ0v) is 10.5. The van der Waals surface area contributed by atoms with Crippen LogP contribution in [0.2, 0.25) is 0 Å². The molecule has 0 aliphatic carbocycles. The van der Waals surface area contributed by atoms with Gasteiger partial charge in [-0.3, -0.25) is 0 Å². The smallest absolute Gasteiger partial charge is 0.243 e. The van der Waals surface area contributed by atoms with Crippen molar-refractivity contribution >= 4 is 21.5 Å². The second-order valence-corrected chi connectivity index (χ2v) is 6.01. The fourth-order valence-electron chi connectivity index (χ4n) is 1.89. The highest BCUT2D eigenvalue weighted by atomic mass is 32.2. The third-order valence-corrected chi connectivity index (χ3v) is 3.79. The van der Waals surface area contributed by atoms with Gasteiger partial charge in [0, 0.05) is 25.9 Å². The molecule has 1 aromatic heterocycles. The molecule has 0 aromatic carbocycles. The maximum atomic E-state index is 11.6. The van der Waals surface area contributed by atoms with Crippen LogP contribution in [-0.4, -0.2) is 46.0 Å². The topological polar surface area (TPSA) is 101 Å². The highest BCUT2D eigenvalue weighted by Crippen LogP contribution is 2.29. The van der Waals surface area contributed by atoms with Crippen LogP contribution in [0.15, 0.2) is 9.42 Å². The summed E-state index contributed by atoms with van der Waals surface area (Å²) in [4.78, 5) is 1.88. The molecule has 2 heterocycles. The van der Waals surface area contributed by atoms with Gasteiger partial charge in [-0.05, 0) is 13.0 Å². The van der Waals surface area contributed by atoms with Gasteiger partial charge in [0.15, 0.2) is 20.6 Å². The monoisotopic (exact) mass is 260 g/mol. The Labute approximate surface area is 99.9 Å². The van der Waals surface area contributed by atoms with Crippen molar-refractivity contribution in [1.29, 1.82) is 0 Å². The van der Waals surface area contributed by atoms with Gasteiger partial charge < -0.3 is 20.5 Å². The summed E-state index contributed by atoms with van der Waals surface area (Å²) in [6.45, 7) is 3.13. The van der Waals surface area contributed by atoms with Crippen LogP contribution in [0.4, 0.5) is 11.7 Å². The Kier molecular flexibility index (Phi) is 3.25. The Bertz CT molecular complexity index is 488. The molecule has 1 fully saturated rings. The second-order valence-electron chi connectivity index (χ2n) is 4.06. The third-order valence-electron chi connectivity index (χ3n) is 2.67. The maximum absolute atomic E-state index is 11.6. The lowest BCUT2D eigenvalue weighted by Gasteiger charge is -2.19. The molecule has 1 aliphatic heterocycles. The minimum absolute atomic E-state index is 0.000556. The summed E-state index contributed by atoms with van der Waals surface area (Å²) >= 11 is 0. The van der Waals surface area contributed by atoms with E-state index in [-0.39, 0.29) is 10.8 Å². The van der Waals surface area contributed by atoms with Gasteiger partial charge in [0.05, 0.1) is 0 Å². The van der Waals surface area contributed by atoms with Crippen LogP contribution in [0.1, 0.15) is 6.42 Å². The highest BCUT2D eigenvalue weighted by molar-refractivity contribution is 7.91. The quantitative estimate of drug-likeness (QED) is 0.736. The van der Waals surface area contributed by atoms with Crippen molar-refractivity contribution in [2.75, 3.05) is 43.1 Å². The van der Waals surface area contributed by atoms with Crippen LogP contribution in [0.3, 0.4) is 0 Å². The lowest BCUT2D eigenvalue weighted by molar-refractivity contribution is 0.434. The summed E-state index contributed by atoms with van der Waals surface area (Å²) in [5.41, 5.74) is 5.52. The molecule has 0 saturated carbocycles. The zero-order chi connectivity index (χ0) is 12.5. The van der Waals surface area contributed by atoms with E-state index in [0.717, 1.165) is 32.3 Å². The van der Waals surface area contributed by atoms with Crippen molar-refractivity contribution < 1.29 is 12.9 Å². The van der Waals surface area contributed by atoms with E-state index in [9.17, 15) is 8.42 Å². The fourth-order valence-corrected chi connectivity index (χ4v) is 2.79. The standard InChI is InChI=1S/C9H16N4O3S/c1-17(14,15)7-8(10)16-12-9(7)13-5-2-3-11-4-6-13/h11H,2-6,10H2,1H3. The number of hydrogen-bond donors (Lipinski definition) is 2. The molecule has 8 heteroatoms. The van der Waals surface area contributed by atoms with Gasteiger partial charge in [0.2, 0.25) is 5.88 Å². The fraction of sp³-hybridized carbons (Fsp3) is 0.667.